The molecule has 0 aliphatic heterocycles. The molecule has 0 aromatic carbocycles. The highest BCUT2D eigenvalue weighted by Gasteiger charge is 1.55. The van der Waals surface area contributed by atoms with E-state index in [0.29, 0.717) is 0 Å². The maximum atomic E-state index is 4.84. The van der Waals surface area contributed by atoms with Gasteiger partial charge in [0.05, 0.1) is 11.8 Å². The first kappa shape index (κ1) is 8.67. The van der Waals surface area contributed by atoms with Gasteiger partial charge in [0.25, 0.3) is 0 Å². The Morgan fingerprint density at radius 2 is 2.00 bits per heavy atom. The monoisotopic (exact) mass is 135 g/mol. The zero-order valence-corrected chi connectivity index (χ0v) is 5.73. The zero-order valence-electron chi connectivity index (χ0n) is 5.73. The summed E-state index contributed by atoms with van der Waals surface area (Å²) in [5.74, 6) is 11.9. The molecule has 0 aliphatic rings. The summed E-state index contributed by atoms with van der Waals surface area (Å²) in [5.41, 5.74) is 7.02. The molecule has 0 amide bonds. The van der Waals surface area contributed by atoms with Gasteiger partial charge in [0.1, 0.15) is 6.58 Å². The topological polar surface area (TPSA) is 0 Å². The lowest BCUT2D eigenvalue weighted by atomic mass is 10.5. The highest BCUT2D eigenvalue weighted by atomic mass is 13.5. The molecule has 0 atom stereocenters. The van der Waals surface area contributed by atoms with Crippen LogP contribution in [-0.4, -0.2) is 0 Å². The molecule has 0 aliphatic carbocycles. The van der Waals surface area contributed by atoms with Crippen LogP contribution in [0.15, 0.2) is 23.3 Å². The Kier molecular flexibility index (Phi) is 6.05. The minimum absolute atomic E-state index is 1.42. The average molecular weight is 135 g/mol. The summed E-state index contributed by atoms with van der Waals surface area (Å²) in [7, 11) is 0. The smallest absolute Gasteiger partial charge is 0.106 e. The second-order valence-corrected chi connectivity index (χ2v) is 1.22. The number of allylic oxidation sites excluding steroid dienone is 1. The van der Waals surface area contributed by atoms with E-state index in [1.165, 1.54) is 6.08 Å². The lowest BCUT2D eigenvalue weighted by molar-refractivity contribution is 2.15. The maximum absolute atomic E-state index is 4.84. The molecule has 0 saturated heterocycles. The molecule has 0 heteroatoms. The summed E-state index contributed by atoms with van der Waals surface area (Å²) < 4.78 is 0. The SMILES string of the molecule is C#CC#CC#CC=C=C=C=[CH+]. The molecule has 0 N–H and O–H groups in total. The van der Waals surface area contributed by atoms with Crippen molar-refractivity contribution >= 4 is 0 Å². The van der Waals surface area contributed by atoms with Gasteiger partial charge in [-0.15, -0.1) is 6.42 Å². The van der Waals surface area contributed by atoms with Gasteiger partial charge in [-0.25, -0.2) is 0 Å². The van der Waals surface area contributed by atoms with Crippen LogP contribution in [0.1, 0.15) is 0 Å². The number of rotatable bonds is 0. The van der Waals surface area contributed by atoms with E-state index in [1.54, 1.807) is 0 Å². The van der Waals surface area contributed by atoms with Crippen LogP contribution in [0.3, 0.4) is 0 Å². The van der Waals surface area contributed by atoms with E-state index in [4.69, 9.17) is 13.0 Å². The lowest BCUT2D eigenvalue weighted by Gasteiger charge is -1.51. The molecule has 0 rings (SSSR count). The van der Waals surface area contributed by atoms with Gasteiger partial charge < -0.3 is 0 Å². The molecule has 11 heavy (non-hydrogen) atoms. The van der Waals surface area contributed by atoms with E-state index in [0.717, 1.165) is 0 Å². The fraction of sp³-hybridized carbons (Fsp3) is 0. The van der Waals surface area contributed by atoms with Crippen molar-refractivity contribution in [2.75, 3.05) is 0 Å². The highest BCUT2D eigenvalue weighted by molar-refractivity contribution is 5.36. The van der Waals surface area contributed by atoms with E-state index in [1.807, 2.05) is 0 Å². The number of terminal acetylenes is 1. The third-order valence-electron chi connectivity index (χ3n) is 0.558. The average Bonchev–Trinajstić information content (AvgIpc) is 2.03. The molecule has 0 aromatic rings. The second-order valence-electron chi connectivity index (χ2n) is 1.22. The number of hydrogen-bond acceptors (Lipinski definition) is 0. The van der Waals surface area contributed by atoms with Crippen molar-refractivity contribution in [1.82, 2.24) is 0 Å². The summed E-state index contributed by atoms with van der Waals surface area (Å²) in [4.78, 5) is 0. The summed E-state index contributed by atoms with van der Waals surface area (Å²) in [6, 6.07) is 0. The third kappa shape index (κ3) is 7.67. The van der Waals surface area contributed by atoms with Gasteiger partial charge in [0, 0.05) is 0 Å². The first-order valence-electron chi connectivity index (χ1n) is 2.65. The Bertz CT molecular complexity index is 389. The standard InChI is InChI=1S/C11H3/c1-3-5-7-9-11-10-8-6-4-2/h1-2,9H/q+1. The predicted octanol–water partition coefficient (Wildman–Crippen LogP) is 1.08. The lowest BCUT2D eigenvalue weighted by Crippen LogP contribution is -1.48. The van der Waals surface area contributed by atoms with Gasteiger partial charge in [-0.2, -0.15) is 0 Å². The van der Waals surface area contributed by atoms with Crippen LogP contribution in [0.2, 0.25) is 0 Å². The molecule has 0 saturated carbocycles. The van der Waals surface area contributed by atoms with Crippen LogP contribution < -0.4 is 0 Å². The van der Waals surface area contributed by atoms with Crippen LogP contribution in [0, 0.1) is 42.6 Å². The van der Waals surface area contributed by atoms with Crippen molar-refractivity contribution in [3.8, 4) is 36.0 Å². The fourth-order valence-electron chi connectivity index (χ4n) is 0.253. The van der Waals surface area contributed by atoms with E-state index in [-0.39, 0.29) is 0 Å². The minimum Gasteiger partial charge on any atom is -0.106 e. The third-order valence-corrected chi connectivity index (χ3v) is 0.558. The van der Waals surface area contributed by atoms with Crippen molar-refractivity contribution in [3.05, 3.63) is 29.8 Å². The normalized spacial score (nSPS) is 3.82. The molecular weight excluding hydrogens is 132 g/mol. The maximum Gasteiger partial charge on any atom is 0.222 e. The van der Waals surface area contributed by atoms with E-state index < -0.39 is 0 Å². The fourth-order valence-corrected chi connectivity index (χ4v) is 0.253. The Morgan fingerprint density at radius 1 is 1.18 bits per heavy atom. The molecule has 0 heterocycles. The molecule has 0 spiro atoms. The Hall–Kier alpha value is -2.33. The van der Waals surface area contributed by atoms with Crippen LogP contribution in [0.4, 0.5) is 0 Å². The molecule has 46 valence electrons. The minimum atomic E-state index is 1.42. The molecule has 0 fully saturated rings. The Labute approximate surface area is 66.6 Å². The van der Waals surface area contributed by atoms with Crippen molar-refractivity contribution in [3.63, 3.8) is 0 Å². The first-order chi connectivity index (χ1) is 5.41. The second kappa shape index (κ2) is 7.67. The molecule has 0 bridgehead atoms. The molecule has 0 nitrogen and oxygen atoms in total. The van der Waals surface area contributed by atoms with Gasteiger partial charge in [0.15, 0.2) is 0 Å². The zero-order chi connectivity index (χ0) is 8.36. The Morgan fingerprint density at radius 3 is 2.64 bits per heavy atom. The van der Waals surface area contributed by atoms with Crippen molar-refractivity contribution in [2.24, 2.45) is 0 Å². The van der Waals surface area contributed by atoms with Gasteiger partial charge in [0.2, 0.25) is 11.5 Å². The van der Waals surface area contributed by atoms with Gasteiger partial charge in [-0.05, 0) is 29.6 Å². The van der Waals surface area contributed by atoms with Crippen molar-refractivity contribution in [2.45, 2.75) is 0 Å². The molecular formula is C11H3+. The summed E-state index contributed by atoms with van der Waals surface area (Å²) in [6.45, 7) is 4.84. The van der Waals surface area contributed by atoms with E-state index in [9.17, 15) is 0 Å². The molecule has 0 radical (unpaired) electrons. The van der Waals surface area contributed by atoms with E-state index in [2.05, 4.69) is 46.8 Å². The van der Waals surface area contributed by atoms with Crippen LogP contribution in [0.25, 0.3) is 0 Å². The Balaban J connectivity index is 4.27. The van der Waals surface area contributed by atoms with Crippen LogP contribution in [-0.2, 0) is 0 Å². The highest BCUT2D eigenvalue weighted by Crippen LogP contribution is 1.59. The largest absolute Gasteiger partial charge is 0.222 e. The predicted molar refractivity (Wildman–Crippen MR) is 43.8 cm³/mol. The summed E-state index contributed by atoms with van der Waals surface area (Å²) >= 11 is 0. The van der Waals surface area contributed by atoms with Crippen molar-refractivity contribution in [1.29, 1.82) is 0 Å². The quantitative estimate of drug-likeness (QED) is 0.265. The van der Waals surface area contributed by atoms with Gasteiger partial charge in [-0.1, -0.05) is 0 Å². The molecule has 0 unspecified atom stereocenters. The van der Waals surface area contributed by atoms with Crippen LogP contribution in [0.5, 0.6) is 0 Å². The van der Waals surface area contributed by atoms with Gasteiger partial charge in [-0.3, -0.25) is 0 Å². The summed E-state index contributed by atoms with van der Waals surface area (Å²) in [6.07, 6.45) is 6.26. The summed E-state index contributed by atoms with van der Waals surface area (Å²) in [5, 5.41) is 0. The van der Waals surface area contributed by atoms with Crippen molar-refractivity contribution < 1.29 is 0 Å². The van der Waals surface area contributed by atoms with Gasteiger partial charge >= 0.3 is 0 Å². The van der Waals surface area contributed by atoms with Crippen LogP contribution >= 0.6 is 0 Å². The first-order valence-corrected chi connectivity index (χ1v) is 2.65. The molecule has 0 aromatic heterocycles. The van der Waals surface area contributed by atoms with E-state index >= 15 is 0 Å². The number of hydrogen-bond donors (Lipinski definition) is 0.